The highest BCUT2D eigenvalue weighted by molar-refractivity contribution is 5.88. The maximum Gasteiger partial charge on any atom is 0.326 e. The van der Waals surface area contributed by atoms with Crippen molar-refractivity contribution in [3.63, 3.8) is 0 Å². The lowest BCUT2D eigenvalue weighted by Gasteiger charge is -2.13. The van der Waals surface area contributed by atoms with Crippen molar-refractivity contribution in [1.82, 2.24) is 10.6 Å². The summed E-state index contributed by atoms with van der Waals surface area (Å²) in [6.45, 7) is -0.645. The molecule has 0 saturated heterocycles. The van der Waals surface area contributed by atoms with E-state index in [4.69, 9.17) is 16.6 Å². The largest absolute Gasteiger partial charge is 0.480 e. The third kappa shape index (κ3) is 7.17. The van der Waals surface area contributed by atoms with Gasteiger partial charge in [0.1, 0.15) is 6.04 Å². The van der Waals surface area contributed by atoms with Crippen LogP contribution in [0.1, 0.15) is 12.8 Å². The molecule has 0 bridgehead atoms. The molecule has 7 N–H and O–H groups in total. The number of hydrogen-bond acceptors (Lipinski definition) is 5. The average Bonchev–Trinajstić information content (AvgIpc) is 2.30. The summed E-state index contributed by atoms with van der Waals surface area (Å²) in [5.74, 6) is -3.16. The fourth-order valence-corrected chi connectivity index (χ4v) is 1.04. The van der Waals surface area contributed by atoms with Crippen molar-refractivity contribution < 1.29 is 24.3 Å². The molecule has 0 unspecified atom stereocenters. The van der Waals surface area contributed by atoms with Gasteiger partial charge in [-0.05, 0) is 6.42 Å². The molecule has 9 heteroatoms. The Morgan fingerprint density at radius 1 is 1.17 bits per heavy atom. The lowest BCUT2D eigenvalue weighted by Crippen LogP contribution is -2.46. The topological polar surface area (TPSA) is 165 Å². The quantitative estimate of drug-likeness (QED) is 0.310. The molecule has 0 aromatic heterocycles. The minimum atomic E-state index is -1.28. The lowest BCUT2D eigenvalue weighted by molar-refractivity contribution is -0.142. The van der Waals surface area contributed by atoms with Crippen molar-refractivity contribution in [2.24, 2.45) is 11.5 Å². The van der Waals surface area contributed by atoms with Gasteiger partial charge in [-0.2, -0.15) is 0 Å². The molecule has 18 heavy (non-hydrogen) atoms. The van der Waals surface area contributed by atoms with Crippen LogP contribution >= 0.6 is 0 Å². The summed E-state index contributed by atoms with van der Waals surface area (Å²) < 4.78 is 0. The average molecular weight is 260 g/mol. The van der Waals surface area contributed by atoms with Crippen LogP contribution in [0.3, 0.4) is 0 Å². The first-order chi connectivity index (χ1) is 8.36. The smallest absolute Gasteiger partial charge is 0.326 e. The minimum absolute atomic E-state index is 0.110. The van der Waals surface area contributed by atoms with Crippen LogP contribution in [-0.2, 0) is 19.2 Å². The number of nitrogens with two attached hydrogens (primary N) is 2. The van der Waals surface area contributed by atoms with E-state index in [1.54, 1.807) is 0 Å². The van der Waals surface area contributed by atoms with E-state index in [2.05, 4.69) is 10.6 Å². The zero-order chi connectivity index (χ0) is 14.1. The first kappa shape index (κ1) is 15.8. The normalized spacial score (nSPS) is 11.4. The van der Waals surface area contributed by atoms with Crippen LogP contribution in [0.15, 0.2) is 0 Å². The Morgan fingerprint density at radius 2 is 1.78 bits per heavy atom. The van der Waals surface area contributed by atoms with Crippen LogP contribution in [-0.4, -0.2) is 47.9 Å². The molecule has 0 aliphatic heterocycles. The van der Waals surface area contributed by atoms with Crippen LogP contribution in [0.4, 0.5) is 0 Å². The van der Waals surface area contributed by atoms with Gasteiger partial charge in [-0.15, -0.1) is 0 Å². The number of carbonyl (C=O) groups excluding carboxylic acids is 3. The Bertz CT molecular complexity index is 344. The van der Waals surface area contributed by atoms with Crippen molar-refractivity contribution in [3.05, 3.63) is 0 Å². The number of carboxylic acid groups (broad SMARTS) is 1. The first-order valence-corrected chi connectivity index (χ1v) is 5.14. The summed E-state index contributed by atoms with van der Waals surface area (Å²) in [5, 5.41) is 13.1. The van der Waals surface area contributed by atoms with Crippen molar-refractivity contribution in [3.8, 4) is 0 Å². The number of carbonyl (C=O) groups is 4. The summed E-state index contributed by atoms with van der Waals surface area (Å²) in [7, 11) is 0. The molecule has 3 amide bonds. The van der Waals surface area contributed by atoms with E-state index in [-0.39, 0.29) is 25.9 Å². The highest BCUT2D eigenvalue weighted by Gasteiger charge is 2.20. The highest BCUT2D eigenvalue weighted by atomic mass is 16.4. The molecule has 9 nitrogen and oxygen atoms in total. The second kappa shape index (κ2) is 8.01. The Labute approximate surface area is 103 Å². The number of hydrogen-bond donors (Lipinski definition) is 5. The molecule has 1 atom stereocenters. The molecular formula is C9H16N4O5. The summed E-state index contributed by atoms with van der Waals surface area (Å²) in [5.41, 5.74) is 9.87. The van der Waals surface area contributed by atoms with Crippen molar-refractivity contribution in [2.45, 2.75) is 18.9 Å². The van der Waals surface area contributed by atoms with Gasteiger partial charge in [-0.3, -0.25) is 14.4 Å². The van der Waals surface area contributed by atoms with Gasteiger partial charge in [-0.25, -0.2) is 4.79 Å². The van der Waals surface area contributed by atoms with Gasteiger partial charge in [0, 0.05) is 6.42 Å². The Morgan fingerprint density at radius 3 is 2.22 bits per heavy atom. The van der Waals surface area contributed by atoms with Crippen LogP contribution < -0.4 is 22.1 Å². The summed E-state index contributed by atoms with van der Waals surface area (Å²) in [6, 6.07) is -1.22. The second-order valence-electron chi connectivity index (χ2n) is 3.44. The fourth-order valence-electron chi connectivity index (χ4n) is 1.04. The van der Waals surface area contributed by atoms with Crippen molar-refractivity contribution >= 4 is 23.7 Å². The van der Waals surface area contributed by atoms with Gasteiger partial charge in [0.15, 0.2) is 0 Å². The zero-order valence-electron chi connectivity index (χ0n) is 9.64. The van der Waals surface area contributed by atoms with Gasteiger partial charge in [-0.1, -0.05) is 0 Å². The standard InChI is InChI=1S/C9H16N4O5/c10-3-7(15)12-4-8(16)13-5(9(17)18)1-2-6(11)14/h5H,1-4,10H2,(H2,11,14)(H,12,15)(H,13,16)(H,17,18)/t5-/m1/s1. The first-order valence-electron chi connectivity index (χ1n) is 5.14. The molecular weight excluding hydrogens is 244 g/mol. The van der Waals surface area contributed by atoms with E-state index in [0.29, 0.717) is 0 Å². The molecule has 0 aromatic rings. The predicted molar refractivity (Wildman–Crippen MR) is 60.1 cm³/mol. The number of amides is 3. The molecule has 0 saturated carbocycles. The lowest BCUT2D eigenvalue weighted by atomic mass is 10.1. The predicted octanol–water partition coefficient (Wildman–Crippen LogP) is -3.10. The molecule has 0 aliphatic carbocycles. The second-order valence-corrected chi connectivity index (χ2v) is 3.44. The van der Waals surface area contributed by atoms with Crippen molar-refractivity contribution in [1.29, 1.82) is 0 Å². The maximum atomic E-state index is 11.3. The Kier molecular flexibility index (Phi) is 7.05. The van der Waals surface area contributed by atoms with Gasteiger partial charge in [0.05, 0.1) is 13.1 Å². The molecule has 0 spiro atoms. The molecule has 0 aromatic carbocycles. The minimum Gasteiger partial charge on any atom is -0.480 e. The summed E-state index contributed by atoms with van der Waals surface area (Å²) in [6.07, 6.45) is -0.270. The van der Waals surface area contributed by atoms with Gasteiger partial charge in [0.2, 0.25) is 17.7 Å². The van der Waals surface area contributed by atoms with Gasteiger partial charge < -0.3 is 27.2 Å². The van der Waals surface area contributed by atoms with Gasteiger partial charge in [0.25, 0.3) is 0 Å². The van der Waals surface area contributed by atoms with E-state index in [1.165, 1.54) is 0 Å². The number of aliphatic carboxylic acids is 1. The van der Waals surface area contributed by atoms with E-state index < -0.39 is 29.7 Å². The molecule has 0 radical (unpaired) electrons. The van der Waals surface area contributed by atoms with Gasteiger partial charge >= 0.3 is 5.97 Å². The monoisotopic (exact) mass is 260 g/mol. The molecule has 102 valence electrons. The Hall–Kier alpha value is -2.16. The van der Waals surface area contributed by atoms with Crippen LogP contribution in [0.5, 0.6) is 0 Å². The van der Waals surface area contributed by atoms with Crippen LogP contribution in [0, 0.1) is 0 Å². The SMILES string of the molecule is NCC(=O)NCC(=O)N[C@H](CCC(N)=O)C(=O)O. The number of carboxylic acids is 1. The number of rotatable bonds is 8. The van der Waals surface area contributed by atoms with Crippen molar-refractivity contribution in [2.75, 3.05) is 13.1 Å². The maximum absolute atomic E-state index is 11.3. The van der Waals surface area contributed by atoms with E-state index in [9.17, 15) is 19.2 Å². The highest BCUT2D eigenvalue weighted by Crippen LogP contribution is 1.97. The van der Waals surface area contributed by atoms with Crippen LogP contribution in [0.25, 0.3) is 0 Å². The molecule has 0 heterocycles. The fraction of sp³-hybridized carbons (Fsp3) is 0.556. The Balaban J connectivity index is 4.15. The third-order valence-electron chi connectivity index (χ3n) is 1.94. The number of nitrogens with one attached hydrogen (secondary N) is 2. The van der Waals surface area contributed by atoms with E-state index in [0.717, 1.165) is 0 Å². The van der Waals surface area contributed by atoms with E-state index >= 15 is 0 Å². The van der Waals surface area contributed by atoms with E-state index in [1.807, 2.05) is 0 Å². The summed E-state index contributed by atoms with van der Waals surface area (Å²) >= 11 is 0. The third-order valence-corrected chi connectivity index (χ3v) is 1.94. The number of primary amides is 1. The van der Waals surface area contributed by atoms with Crippen LogP contribution in [0.2, 0.25) is 0 Å². The molecule has 0 fully saturated rings. The molecule has 0 rings (SSSR count). The summed E-state index contributed by atoms with van der Waals surface area (Å²) in [4.78, 5) is 43.3. The zero-order valence-corrected chi connectivity index (χ0v) is 9.64. The molecule has 0 aliphatic rings.